The number of methoxy groups -OCH3 is 1. The first-order valence-corrected chi connectivity index (χ1v) is 7.18. The van der Waals surface area contributed by atoms with Gasteiger partial charge in [0.25, 0.3) is 0 Å². The van der Waals surface area contributed by atoms with Gasteiger partial charge in [-0.1, -0.05) is 18.2 Å². The lowest BCUT2D eigenvalue weighted by molar-refractivity contribution is 0.340. The van der Waals surface area contributed by atoms with Crippen LogP contribution in [-0.2, 0) is 6.54 Å². The van der Waals surface area contributed by atoms with E-state index in [1.54, 1.807) is 7.11 Å². The van der Waals surface area contributed by atoms with Crippen molar-refractivity contribution in [2.45, 2.75) is 26.4 Å². The standard InChI is InChI=1S/C17H22N2O2/c1-4-21-16-8-6-15(7-9-16)13(2)18-11-14-5-10-17(20-3)19-12-14/h5-10,12-13,18H,4,11H2,1-3H3. The summed E-state index contributed by atoms with van der Waals surface area (Å²) in [5.41, 5.74) is 2.37. The third kappa shape index (κ3) is 4.46. The van der Waals surface area contributed by atoms with E-state index in [9.17, 15) is 0 Å². The van der Waals surface area contributed by atoms with Gasteiger partial charge in [-0.15, -0.1) is 0 Å². The second-order valence-corrected chi connectivity index (χ2v) is 4.81. The molecule has 1 heterocycles. The molecule has 0 aliphatic carbocycles. The molecule has 1 aromatic carbocycles. The lowest BCUT2D eigenvalue weighted by Gasteiger charge is -2.15. The Bertz CT molecular complexity index is 538. The average molecular weight is 286 g/mol. The highest BCUT2D eigenvalue weighted by Gasteiger charge is 2.05. The number of rotatable bonds is 7. The van der Waals surface area contributed by atoms with E-state index >= 15 is 0 Å². The average Bonchev–Trinajstić information content (AvgIpc) is 2.54. The topological polar surface area (TPSA) is 43.4 Å². The van der Waals surface area contributed by atoms with Crippen LogP contribution in [0.2, 0.25) is 0 Å². The molecule has 0 aliphatic rings. The summed E-state index contributed by atoms with van der Waals surface area (Å²) in [5.74, 6) is 1.55. The molecular formula is C17H22N2O2. The van der Waals surface area contributed by atoms with Crippen LogP contribution in [0, 0.1) is 0 Å². The zero-order valence-corrected chi connectivity index (χ0v) is 12.8. The van der Waals surface area contributed by atoms with E-state index in [-0.39, 0.29) is 6.04 Å². The SMILES string of the molecule is CCOc1ccc(C(C)NCc2ccc(OC)nc2)cc1. The second-order valence-electron chi connectivity index (χ2n) is 4.81. The van der Waals surface area contributed by atoms with E-state index in [1.807, 2.05) is 37.4 Å². The fraction of sp³-hybridized carbons (Fsp3) is 0.353. The van der Waals surface area contributed by atoms with Crippen LogP contribution in [0.25, 0.3) is 0 Å². The summed E-state index contributed by atoms with van der Waals surface area (Å²) >= 11 is 0. The molecule has 2 aromatic rings. The van der Waals surface area contributed by atoms with Gasteiger partial charge in [-0.25, -0.2) is 4.98 Å². The minimum atomic E-state index is 0.266. The van der Waals surface area contributed by atoms with Crippen LogP contribution < -0.4 is 14.8 Å². The molecule has 2 rings (SSSR count). The molecule has 1 atom stereocenters. The van der Waals surface area contributed by atoms with Gasteiger partial charge >= 0.3 is 0 Å². The highest BCUT2D eigenvalue weighted by Crippen LogP contribution is 2.18. The Labute approximate surface area is 126 Å². The van der Waals surface area contributed by atoms with Crippen molar-refractivity contribution in [3.63, 3.8) is 0 Å². The van der Waals surface area contributed by atoms with Gasteiger partial charge in [-0.3, -0.25) is 0 Å². The maximum absolute atomic E-state index is 5.45. The molecule has 1 N–H and O–H groups in total. The maximum atomic E-state index is 5.45. The Hall–Kier alpha value is -2.07. The maximum Gasteiger partial charge on any atom is 0.212 e. The molecule has 0 bridgehead atoms. The van der Waals surface area contributed by atoms with Crippen LogP contribution in [0.3, 0.4) is 0 Å². The van der Waals surface area contributed by atoms with Crippen molar-refractivity contribution in [2.24, 2.45) is 0 Å². The van der Waals surface area contributed by atoms with E-state index in [0.717, 1.165) is 17.9 Å². The number of pyridine rings is 1. The predicted molar refractivity (Wildman–Crippen MR) is 83.7 cm³/mol. The monoisotopic (exact) mass is 286 g/mol. The van der Waals surface area contributed by atoms with Crippen molar-refractivity contribution in [3.05, 3.63) is 53.7 Å². The molecule has 4 heteroatoms. The molecule has 0 radical (unpaired) electrons. The van der Waals surface area contributed by atoms with Crippen LogP contribution in [0.15, 0.2) is 42.6 Å². The third-order valence-corrected chi connectivity index (χ3v) is 3.31. The number of hydrogen-bond donors (Lipinski definition) is 1. The van der Waals surface area contributed by atoms with Gasteiger partial charge in [0.2, 0.25) is 5.88 Å². The Morgan fingerprint density at radius 1 is 1.14 bits per heavy atom. The van der Waals surface area contributed by atoms with Crippen molar-refractivity contribution in [3.8, 4) is 11.6 Å². The molecule has 0 amide bonds. The summed E-state index contributed by atoms with van der Waals surface area (Å²) < 4.78 is 10.5. The molecule has 1 unspecified atom stereocenters. The van der Waals surface area contributed by atoms with E-state index in [2.05, 4.69) is 29.4 Å². The first-order chi connectivity index (χ1) is 10.2. The molecule has 0 fully saturated rings. The minimum absolute atomic E-state index is 0.266. The van der Waals surface area contributed by atoms with Gasteiger partial charge in [0.1, 0.15) is 5.75 Å². The first kappa shape index (κ1) is 15.3. The van der Waals surface area contributed by atoms with Crippen molar-refractivity contribution in [2.75, 3.05) is 13.7 Å². The minimum Gasteiger partial charge on any atom is -0.494 e. The van der Waals surface area contributed by atoms with Gasteiger partial charge in [-0.2, -0.15) is 0 Å². The second kappa shape index (κ2) is 7.64. The Kier molecular flexibility index (Phi) is 5.58. The summed E-state index contributed by atoms with van der Waals surface area (Å²) in [6.45, 7) is 5.59. The summed E-state index contributed by atoms with van der Waals surface area (Å²) in [6.07, 6.45) is 1.83. The van der Waals surface area contributed by atoms with Crippen LogP contribution >= 0.6 is 0 Å². The molecular weight excluding hydrogens is 264 g/mol. The summed E-state index contributed by atoms with van der Waals surface area (Å²) in [6, 6.07) is 12.4. The van der Waals surface area contributed by atoms with Gasteiger partial charge in [0.15, 0.2) is 0 Å². The zero-order chi connectivity index (χ0) is 15.1. The predicted octanol–water partition coefficient (Wildman–Crippen LogP) is 3.34. The van der Waals surface area contributed by atoms with Crippen LogP contribution in [0.5, 0.6) is 11.6 Å². The highest BCUT2D eigenvalue weighted by atomic mass is 16.5. The molecule has 0 spiro atoms. The van der Waals surface area contributed by atoms with Gasteiger partial charge in [0, 0.05) is 24.8 Å². The Morgan fingerprint density at radius 3 is 2.48 bits per heavy atom. The van der Waals surface area contributed by atoms with E-state index in [0.29, 0.717) is 12.5 Å². The lowest BCUT2D eigenvalue weighted by atomic mass is 10.1. The van der Waals surface area contributed by atoms with Gasteiger partial charge < -0.3 is 14.8 Å². The Balaban J connectivity index is 1.89. The van der Waals surface area contributed by atoms with Gasteiger partial charge in [-0.05, 0) is 37.1 Å². The number of hydrogen-bond acceptors (Lipinski definition) is 4. The molecule has 21 heavy (non-hydrogen) atoms. The number of benzene rings is 1. The smallest absolute Gasteiger partial charge is 0.212 e. The third-order valence-electron chi connectivity index (χ3n) is 3.31. The number of nitrogens with zero attached hydrogens (tertiary/aromatic N) is 1. The van der Waals surface area contributed by atoms with Crippen LogP contribution in [-0.4, -0.2) is 18.7 Å². The number of nitrogens with one attached hydrogen (secondary N) is 1. The highest BCUT2D eigenvalue weighted by molar-refractivity contribution is 5.29. The van der Waals surface area contributed by atoms with E-state index < -0.39 is 0 Å². The molecule has 1 aromatic heterocycles. The zero-order valence-electron chi connectivity index (χ0n) is 12.8. The molecule has 0 saturated carbocycles. The van der Waals surface area contributed by atoms with Crippen molar-refractivity contribution < 1.29 is 9.47 Å². The lowest BCUT2D eigenvalue weighted by Crippen LogP contribution is -2.18. The fourth-order valence-corrected chi connectivity index (χ4v) is 2.04. The quantitative estimate of drug-likeness (QED) is 0.847. The molecule has 4 nitrogen and oxygen atoms in total. The summed E-state index contributed by atoms with van der Waals surface area (Å²) in [7, 11) is 1.62. The van der Waals surface area contributed by atoms with Gasteiger partial charge in [0.05, 0.1) is 13.7 Å². The van der Waals surface area contributed by atoms with Crippen molar-refractivity contribution in [1.82, 2.24) is 10.3 Å². The first-order valence-electron chi connectivity index (χ1n) is 7.18. The number of ether oxygens (including phenoxy) is 2. The largest absolute Gasteiger partial charge is 0.494 e. The normalized spacial score (nSPS) is 12.0. The van der Waals surface area contributed by atoms with Crippen molar-refractivity contribution in [1.29, 1.82) is 0 Å². The Morgan fingerprint density at radius 2 is 1.90 bits per heavy atom. The fourth-order valence-electron chi connectivity index (χ4n) is 2.04. The van der Waals surface area contributed by atoms with Crippen LogP contribution in [0.4, 0.5) is 0 Å². The number of aromatic nitrogens is 1. The molecule has 112 valence electrons. The van der Waals surface area contributed by atoms with Crippen LogP contribution in [0.1, 0.15) is 31.0 Å². The summed E-state index contributed by atoms with van der Waals surface area (Å²) in [5, 5.41) is 3.48. The van der Waals surface area contributed by atoms with E-state index in [4.69, 9.17) is 9.47 Å². The molecule has 0 saturated heterocycles. The summed E-state index contributed by atoms with van der Waals surface area (Å²) in [4.78, 5) is 4.20. The van der Waals surface area contributed by atoms with E-state index in [1.165, 1.54) is 5.56 Å². The molecule has 0 aliphatic heterocycles. The van der Waals surface area contributed by atoms with Crippen molar-refractivity contribution >= 4 is 0 Å².